The Morgan fingerprint density at radius 2 is 2.04 bits per heavy atom. The fourth-order valence-corrected chi connectivity index (χ4v) is 3.34. The summed E-state index contributed by atoms with van der Waals surface area (Å²) in [5.74, 6) is 0.460. The maximum Gasteiger partial charge on any atom is 0.255 e. The van der Waals surface area contributed by atoms with E-state index < -0.39 is 0 Å². The minimum atomic E-state index is -0.120. The number of pyridine rings is 1. The lowest BCUT2D eigenvalue weighted by molar-refractivity contribution is 0.0538. The molecule has 0 bridgehead atoms. The molecule has 1 aromatic heterocycles. The van der Waals surface area contributed by atoms with Crippen LogP contribution in [0.25, 0.3) is 0 Å². The van der Waals surface area contributed by atoms with Gasteiger partial charge in [0, 0.05) is 30.0 Å². The summed E-state index contributed by atoms with van der Waals surface area (Å²) in [5.41, 5.74) is 0.448. The molecule has 1 aliphatic heterocycles. The zero-order chi connectivity index (χ0) is 17.1. The second kappa shape index (κ2) is 7.60. The van der Waals surface area contributed by atoms with E-state index in [1.165, 1.54) is 6.20 Å². The van der Waals surface area contributed by atoms with Crippen LogP contribution >= 0.6 is 34.8 Å². The zero-order valence-electron chi connectivity index (χ0n) is 12.7. The van der Waals surface area contributed by atoms with Crippen molar-refractivity contribution in [3.8, 4) is 5.75 Å². The standard InChI is InChI=1S/C17H15Cl3N2O2/c18-11-3-4-13(14(19)8-11)17(23)22-7-1-2-12(10-22)24-16-5-6-21-9-15(16)20/h3-6,8-9,12H,1-2,7,10H2. The van der Waals surface area contributed by atoms with Crippen LogP contribution in [0.4, 0.5) is 0 Å². The Hall–Kier alpha value is -1.49. The molecule has 0 N–H and O–H groups in total. The Labute approximate surface area is 155 Å². The fourth-order valence-electron chi connectivity index (χ4n) is 2.69. The van der Waals surface area contributed by atoms with E-state index in [9.17, 15) is 4.79 Å². The van der Waals surface area contributed by atoms with Crippen molar-refractivity contribution in [3.05, 3.63) is 57.3 Å². The molecule has 1 atom stereocenters. The molecule has 0 aliphatic carbocycles. The molecule has 1 amide bonds. The highest BCUT2D eigenvalue weighted by molar-refractivity contribution is 6.36. The number of rotatable bonds is 3. The average Bonchev–Trinajstić information content (AvgIpc) is 2.57. The number of nitrogens with zero attached hydrogens (tertiary/aromatic N) is 2. The van der Waals surface area contributed by atoms with Crippen LogP contribution in [0.3, 0.4) is 0 Å². The lowest BCUT2D eigenvalue weighted by atomic mass is 10.1. The van der Waals surface area contributed by atoms with E-state index in [0.29, 0.717) is 39.5 Å². The average molecular weight is 386 g/mol. The molecular weight excluding hydrogens is 371 g/mol. The molecule has 0 saturated carbocycles. The van der Waals surface area contributed by atoms with Gasteiger partial charge in [0.1, 0.15) is 16.9 Å². The number of carbonyl (C=O) groups excluding carboxylic acids is 1. The third-order valence-electron chi connectivity index (χ3n) is 3.86. The number of hydrogen-bond acceptors (Lipinski definition) is 3. The van der Waals surface area contributed by atoms with E-state index in [0.717, 1.165) is 12.8 Å². The zero-order valence-corrected chi connectivity index (χ0v) is 15.0. The van der Waals surface area contributed by atoms with Gasteiger partial charge in [-0.3, -0.25) is 9.78 Å². The number of halogens is 3. The van der Waals surface area contributed by atoms with Gasteiger partial charge in [0.15, 0.2) is 0 Å². The molecule has 1 unspecified atom stereocenters. The first kappa shape index (κ1) is 17.3. The van der Waals surface area contributed by atoms with Gasteiger partial charge in [-0.2, -0.15) is 0 Å². The Morgan fingerprint density at radius 1 is 1.21 bits per heavy atom. The van der Waals surface area contributed by atoms with Crippen LogP contribution < -0.4 is 4.74 Å². The molecule has 1 aliphatic rings. The van der Waals surface area contributed by atoms with Gasteiger partial charge in [0.25, 0.3) is 5.91 Å². The third-order valence-corrected chi connectivity index (χ3v) is 4.69. The van der Waals surface area contributed by atoms with E-state index >= 15 is 0 Å². The molecule has 2 aromatic rings. The highest BCUT2D eigenvalue weighted by Crippen LogP contribution is 2.27. The number of carbonyl (C=O) groups is 1. The highest BCUT2D eigenvalue weighted by atomic mass is 35.5. The number of likely N-dealkylation sites (tertiary alicyclic amines) is 1. The number of ether oxygens (including phenoxy) is 1. The largest absolute Gasteiger partial charge is 0.487 e. The van der Waals surface area contributed by atoms with Gasteiger partial charge in [-0.1, -0.05) is 34.8 Å². The molecular formula is C17H15Cl3N2O2. The summed E-state index contributed by atoms with van der Waals surface area (Å²) in [6.07, 6.45) is 4.76. The second-order valence-corrected chi connectivity index (χ2v) is 6.81. The van der Waals surface area contributed by atoms with E-state index in [1.807, 2.05) is 0 Å². The van der Waals surface area contributed by atoms with Crippen molar-refractivity contribution < 1.29 is 9.53 Å². The Balaban J connectivity index is 1.71. The van der Waals surface area contributed by atoms with Crippen LogP contribution in [-0.2, 0) is 0 Å². The van der Waals surface area contributed by atoms with Gasteiger partial charge >= 0.3 is 0 Å². The molecule has 4 nitrogen and oxygen atoms in total. The van der Waals surface area contributed by atoms with E-state index in [-0.39, 0.29) is 12.0 Å². The van der Waals surface area contributed by atoms with E-state index in [1.54, 1.807) is 35.4 Å². The van der Waals surface area contributed by atoms with Gasteiger partial charge in [0.05, 0.1) is 17.1 Å². The third kappa shape index (κ3) is 3.94. The summed E-state index contributed by atoms with van der Waals surface area (Å²) < 4.78 is 5.93. The van der Waals surface area contributed by atoms with Crippen molar-refractivity contribution >= 4 is 40.7 Å². The Morgan fingerprint density at radius 3 is 2.79 bits per heavy atom. The van der Waals surface area contributed by atoms with Gasteiger partial charge in [-0.05, 0) is 31.0 Å². The number of piperidine rings is 1. The van der Waals surface area contributed by atoms with Crippen molar-refractivity contribution in [2.24, 2.45) is 0 Å². The first-order valence-electron chi connectivity index (χ1n) is 7.55. The lowest BCUT2D eigenvalue weighted by Crippen LogP contribution is -2.44. The first-order valence-corrected chi connectivity index (χ1v) is 8.68. The van der Waals surface area contributed by atoms with Crippen LogP contribution in [0, 0.1) is 0 Å². The summed E-state index contributed by atoms with van der Waals surface area (Å²) in [4.78, 5) is 18.4. The highest BCUT2D eigenvalue weighted by Gasteiger charge is 2.27. The van der Waals surface area contributed by atoms with Crippen LogP contribution in [0.2, 0.25) is 15.1 Å². The SMILES string of the molecule is O=C(c1ccc(Cl)cc1Cl)N1CCCC(Oc2ccncc2Cl)C1. The van der Waals surface area contributed by atoms with Gasteiger partial charge in [-0.15, -0.1) is 0 Å². The Kier molecular flexibility index (Phi) is 5.49. The molecule has 7 heteroatoms. The predicted octanol–water partition coefficient (Wildman–Crippen LogP) is 4.73. The maximum atomic E-state index is 12.7. The molecule has 1 saturated heterocycles. The molecule has 24 heavy (non-hydrogen) atoms. The van der Waals surface area contributed by atoms with Crippen LogP contribution in [0.1, 0.15) is 23.2 Å². The van der Waals surface area contributed by atoms with Crippen molar-refractivity contribution in [2.75, 3.05) is 13.1 Å². The topological polar surface area (TPSA) is 42.4 Å². The number of benzene rings is 1. The molecule has 2 heterocycles. The smallest absolute Gasteiger partial charge is 0.255 e. The van der Waals surface area contributed by atoms with Crippen LogP contribution in [-0.4, -0.2) is 35.0 Å². The molecule has 126 valence electrons. The van der Waals surface area contributed by atoms with Crippen LogP contribution in [0.5, 0.6) is 5.75 Å². The van der Waals surface area contributed by atoms with E-state index in [4.69, 9.17) is 39.5 Å². The number of aromatic nitrogens is 1. The number of amides is 1. The molecule has 3 rings (SSSR count). The monoisotopic (exact) mass is 384 g/mol. The molecule has 0 radical (unpaired) electrons. The summed E-state index contributed by atoms with van der Waals surface area (Å²) in [7, 11) is 0. The van der Waals surface area contributed by atoms with Gasteiger partial charge in [0.2, 0.25) is 0 Å². The minimum absolute atomic E-state index is 0.117. The second-order valence-electron chi connectivity index (χ2n) is 5.56. The number of hydrogen-bond donors (Lipinski definition) is 0. The quantitative estimate of drug-likeness (QED) is 0.767. The normalized spacial score (nSPS) is 17.6. The summed E-state index contributed by atoms with van der Waals surface area (Å²) in [5, 5.41) is 1.32. The Bertz CT molecular complexity index is 754. The van der Waals surface area contributed by atoms with Crippen molar-refractivity contribution in [2.45, 2.75) is 18.9 Å². The fraction of sp³-hybridized carbons (Fsp3) is 0.294. The molecule has 0 spiro atoms. The minimum Gasteiger partial charge on any atom is -0.487 e. The van der Waals surface area contributed by atoms with Crippen molar-refractivity contribution in [1.29, 1.82) is 0 Å². The predicted molar refractivity (Wildman–Crippen MR) is 95.3 cm³/mol. The summed E-state index contributed by atoms with van der Waals surface area (Å²) >= 11 is 18.1. The van der Waals surface area contributed by atoms with Crippen molar-refractivity contribution in [3.63, 3.8) is 0 Å². The van der Waals surface area contributed by atoms with Crippen molar-refractivity contribution in [1.82, 2.24) is 9.88 Å². The van der Waals surface area contributed by atoms with Gasteiger partial charge in [-0.25, -0.2) is 0 Å². The molecule has 1 fully saturated rings. The lowest BCUT2D eigenvalue weighted by Gasteiger charge is -2.33. The van der Waals surface area contributed by atoms with E-state index in [2.05, 4.69) is 4.98 Å². The first-order chi connectivity index (χ1) is 11.5. The summed E-state index contributed by atoms with van der Waals surface area (Å²) in [6, 6.07) is 6.61. The van der Waals surface area contributed by atoms with Gasteiger partial charge < -0.3 is 9.64 Å². The summed E-state index contributed by atoms with van der Waals surface area (Å²) in [6.45, 7) is 1.15. The molecule has 1 aromatic carbocycles. The van der Waals surface area contributed by atoms with Crippen LogP contribution in [0.15, 0.2) is 36.7 Å². The maximum absolute atomic E-state index is 12.7.